The van der Waals surface area contributed by atoms with Crippen molar-refractivity contribution in [3.05, 3.63) is 22.4 Å². The highest BCUT2D eigenvalue weighted by atomic mass is 35.5. The number of pyridine rings is 1. The fraction of sp³-hybridized carbons (Fsp3) is 0.333. The van der Waals surface area contributed by atoms with Crippen LogP contribution in [0.5, 0.6) is 0 Å². The van der Waals surface area contributed by atoms with Crippen LogP contribution in [0, 0.1) is 0 Å². The number of hydrogen-bond donors (Lipinski definition) is 1. The first-order valence-corrected chi connectivity index (χ1v) is 5.20. The van der Waals surface area contributed by atoms with E-state index in [2.05, 4.69) is 4.98 Å². The second-order valence-electron chi connectivity index (χ2n) is 3.43. The number of anilines is 1. The molecule has 1 aromatic rings. The van der Waals surface area contributed by atoms with Crippen molar-refractivity contribution in [1.29, 1.82) is 0 Å². The Bertz CT molecular complexity index is 410. The lowest BCUT2D eigenvalue weighted by Gasteiger charge is -2.16. The Balaban J connectivity index is 2.37. The molecule has 1 aliphatic rings. The first-order valence-electron chi connectivity index (χ1n) is 4.45. The summed E-state index contributed by atoms with van der Waals surface area (Å²) in [4.78, 5) is 17.0. The monoisotopic (exact) mass is 245 g/mol. The smallest absolute Gasteiger partial charge is 0.228 e. The number of carbonyl (C=O) groups excluding carboxylic acids is 1. The molecule has 1 fully saturated rings. The third-order valence-corrected chi connectivity index (χ3v) is 2.73. The van der Waals surface area contributed by atoms with Crippen LogP contribution in [0.15, 0.2) is 12.3 Å². The van der Waals surface area contributed by atoms with Crippen molar-refractivity contribution >= 4 is 34.8 Å². The van der Waals surface area contributed by atoms with Crippen LogP contribution in [0.2, 0.25) is 10.2 Å². The molecule has 0 radical (unpaired) electrons. The second-order valence-corrected chi connectivity index (χ2v) is 4.23. The van der Waals surface area contributed by atoms with Crippen LogP contribution >= 0.6 is 23.2 Å². The summed E-state index contributed by atoms with van der Waals surface area (Å²) in [7, 11) is 0. The van der Waals surface area contributed by atoms with Crippen LogP contribution in [0.3, 0.4) is 0 Å². The summed E-state index contributed by atoms with van der Waals surface area (Å²) in [6.07, 6.45) is 1.77. The van der Waals surface area contributed by atoms with Crippen molar-refractivity contribution in [3.8, 4) is 0 Å². The molecule has 80 valence electrons. The van der Waals surface area contributed by atoms with Gasteiger partial charge in [-0.3, -0.25) is 4.79 Å². The number of nitrogens with zero attached hydrogens (tertiary/aromatic N) is 2. The van der Waals surface area contributed by atoms with Crippen molar-refractivity contribution in [2.75, 3.05) is 11.4 Å². The fourth-order valence-electron chi connectivity index (χ4n) is 1.57. The molecule has 1 saturated heterocycles. The molecule has 1 amide bonds. The lowest BCUT2D eigenvalue weighted by Crippen LogP contribution is -2.28. The highest BCUT2D eigenvalue weighted by Gasteiger charge is 2.29. The van der Waals surface area contributed by atoms with Gasteiger partial charge in [0, 0.05) is 25.2 Å². The molecule has 0 bridgehead atoms. The van der Waals surface area contributed by atoms with E-state index in [9.17, 15) is 4.79 Å². The Hall–Kier alpha value is -0.840. The van der Waals surface area contributed by atoms with E-state index in [1.165, 1.54) is 11.1 Å². The number of aromatic nitrogens is 1. The average molecular weight is 246 g/mol. The topological polar surface area (TPSA) is 59.2 Å². The summed E-state index contributed by atoms with van der Waals surface area (Å²) >= 11 is 11.7. The van der Waals surface area contributed by atoms with Gasteiger partial charge in [0.25, 0.3) is 0 Å². The summed E-state index contributed by atoms with van der Waals surface area (Å²) < 4.78 is 0. The van der Waals surface area contributed by atoms with Crippen LogP contribution in [-0.2, 0) is 4.79 Å². The van der Waals surface area contributed by atoms with Gasteiger partial charge in [-0.05, 0) is 6.07 Å². The zero-order valence-corrected chi connectivity index (χ0v) is 9.29. The molecule has 0 saturated carbocycles. The molecule has 2 heterocycles. The van der Waals surface area contributed by atoms with Crippen molar-refractivity contribution < 1.29 is 4.79 Å². The van der Waals surface area contributed by atoms with Gasteiger partial charge < -0.3 is 10.6 Å². The van der Waals surface area contributed by atoms with Crippen molar-refractivity contribution in [2.24, 2.45) is 5.73 Å². The second kappa shape index (κ2) is 3.96. The van der Waals surface area contributed by atoms with E-state index in [1.54, 1.807) is 6.07 Å². The van der Waals surface area contributed by atoms with Crippen LogP contribution in [-0.4, -0.2) is 23.5 Å². The number of amides is 1. The third kappa shape index (κ3) is 2.07. The number of rotatable bonds is 1. The van der Waals surface area contributed by atoms with Gasteiger partial charge in [0.05, 0.1) is 10.7 Å². The van der Waals surface area contributed by atoms with E-state index in [4.69, 9.17) is 28.9 Å². The minimum atomic E-state index is -0.146. The zero-order chi connectivity index (χ0) is 11.0. The molecule has 15 heavy (non-hydrogen) atoms. The quantitative estimate of drug-likeness (QED) is 0.763. The highest BCUT2D eigenvalue weighted by molar-refractivity contribution is 6.34. The molecule has 4 nitrogen and oxygen atoms in total. The van der Waals surface area contributed by atoms with E-state index in [0.29, 0.717) is 23.7 Å². The van der Waals surface area contributed by atoms with Gasteiger partial charge in [-0.2, -0.15) is 0 Å². The molecule has 1 aliphatic heterocycles. The van der Waals surface area contributed by atoms with Crippen molar-refractivity contribution in [2.45, 2.75) is 12.5 Å². The summed E-state index contributed by atoms with van der Waals surface area (Å²) in [6, 6.07) is 1.47. The predicted octanol–water partition coefficient (Wildman–Crippen LogP) is 1.45. The van der Waals surface area contributed by atoms with Gasteiger partial charge >= 0.3 is 0 Å². The molecule has 1 unspecified atom stereocenters. The third-order valence-electron chi connectivity index (χ3n) is 2.23. The standard InChI is InChI=1S/C9H9Cl2N3O/c10-5-1-7(9(11)13-3-5)14-4-6(12)2-8(14)15/h1,3,6H,2,4,12H2. The molecule has 2 N–H and O–H groups in total. The number of carbonyl (C=O) groups is 1. The van der Waals surface area contributed by atoms with E-state index in [1.807, 2.05) is 0 Å². The van der Waals surface area contributed by atoms with E-state index >= 15 is 0 Å². The number of nitrogens with two attached hydrogens (primary N) is 1. The Labute approximate surface area is 97.0 Å². The molecule has 6 heteroatoms. The van der Waals surface area contributed by atoms with Crippen molar-refractivity contribution in [1.82, 2.24) is 4.98 Å². The Morgan fingerprint density at radius 3 is 2.87 bits per heavy atom. The molecule has 1 aromatic heterocycles. The summed E-state index contributed by atoms with van der Waals surface area (Å²) in [5.74, 6) is -0.0477. The Morgan fingerprint density at radius 2 is 2.27 bits per heavy atom. The Kier molecular flexibility index (Phi) is 2.82. The normalized spacial score (nSPS) is 21.1. The maximum atomic E-state index is 11.6. The maximum absolute atomic E-state index is 11.6. The first-order chi connectivity index (χ1) is 7.08. The molecule has 0 aliphatic carbocycles. The molecular formula is C9H9Cl2N3O. The van der Waals surface area contributed by atoms with E-state index in [-0.39, 0.29) is 17.1 Å². The lowest BCUT2D eigenvalue weighted by molar-refractivity contribution is -0.117. The van der Waals surface area contributed by atoms with Gasteiger partial charge in [-0.1, -0.05) is 23.2 Å². The van der Waals surface area contributed by atoms with Gasteiger partial charge in [0.15, 0.2) is 5.15 Å². The molecule has 0 aromatic carbocycles. The van der Waals surface area contributed by atoms with E-state index < -0.39 is 0 Å². The molecule has 0 spiro atoms. The zero-order valence-electron chi connectivity index (χ0n) is 7.78. The van der Waals surface area contributed by atoms with Crippen molar-refractivity contribution in [3.63, 3.8) is 0 Å². The number of halogens is 2. The first kappa shape index (κ1) is 10.7. The molecule has 2 rings (SSSR count). The van der Waals surface area contributed by atoms with Crippen LogP contribution < -0.4 is 10.6 Å². The Morgan fingerprint density at radius 1 is 1.53 bits per heavy atom. The summed E-state index contributed by atoms with van der Waals surface area (Å²) in [5.41, 5.74) is 6.21. The van der Waals surface area contributed by atoms with Crippen LogP contribution in [0.25, 0.3) is 0 Å². The summed E-state index contributed by atoms with van der Waals surface area (Å²) in [6.45, 7) is 0.459. The minimum absolute atomic E-state index is 0.0477. The van der Waals surface area contributed by atoms with E-state index in [0.717, 1.165) is 0 Å². The SMILES string of the molecule is NC1CC(=O)N(c2cc(Cl)cnc2Cl)C1. The fourth-order valence-corrected chi connectivity index (χ4v) is 1.93. The van der Waals surface area contributed by atoms with Gasteiger partial charge in [-0.25, -0.2) is 4.98 Å². The van der Waals surface area contributed by atoms with Crippen LogP contribution in [0.1, 0.15) is 6.42 Å². The minimum Gasteiger partial charge on any atom is -0.326 e. The largest absolute Gasteiger partial charge is 0.326 e. The average Bonchev–Trinajstić information content (AvgIpc) is 2.50. The molecular weight excluding hydrogens is 237 g/mol. The van der Waals surface area contributed by atoms with Crippen LogP contribution in [0.4, 0.5) is 5.69 Å². The van der Waals surface area contributed by atoms with Gasteiger partial charge in [0.1, 0.15) is 0 Å². The van der Waals surface area contributed by atoms with Gasteiger partial charge in [-0.15, -0.1) is 0 Å². The number of hydrogen-bond acceptors (Lipinski definition) is 3. The predicted molar refractivity (Wildman–Crippen MR) is 59.2 cm³/mol. The maximum Gasteiger partial charge on any atom is 0.228 e. The molecule has 1 atom stereocenters. The van der Waals surface area contributed by atoms with Gasteiger partial charge in [0.2, 0.25) is 5.91 Å². The lowest BCUT2D eigenvalue weighted by atomic mass is 10.3. The highest BCUT2D eigenvalue weighted by Crippen LogP contribution is 2.29. The summed E-state index contributed by atoms with van der Waals surface area (Å²) in [5, 5.41) is 0.713.